The molecule has 0 unspecified atom stereocenters. The highest BCUT2D eigenvalue weighted by molar-refractivity contribution is 6.24. The van der Waals surface area contributed by atoms with Crippen molar-refractivity contribution < 1.29 is 0 Å². The van der Waals surface area contributed by atoms with Crippen molar-refractivity contribution in [1.82, 2.24) is 0 Å². The minimum absolute atomic E-state index is 0.468. The number of nitrogens with zero attached hydrogens (tertiary/aromatic N) is 2. The summed E-state index contributed by atoms with van der Waals surface area (Å²) in [5.74, 6) is 2.86. The van der Waals surface area contributed by atoms with Gasteiger partial charge in [-0.15, -0.1) is 0 Å². The molecule has 0 spiro atoms. The van der Waals surface area contributed by atoms with E-state index in [1.165, 1.54) is 191 Å². The molecule has 3 aliphatic carbocycles. The smallest absolute Gasteiger partial charge is 0.0546 e. The van der Waals surface area contributed by atoms with Crippen molar-refractivity contribution in [1.29, 1.82) is 0 Å². The standard InChI is InChI=1S/C66H72N2/c1-45(2)47-24-33-55(34-25-47)67(57-37-28-52(29-38-57)49-16-8-5-9-17-49)65-43-63-60-41-32-54(51-20-12-7-13-21-51)42-64(60)66(44-62(63)59-22-14-15-23-61(59)65)68(56-35-26-48(27-36-56)46(3)4)58-39-30-53(31-40-58)50-18-10-6-11-19-50/h14-15,22-46,49-51H,5-13,16-21H2,1-4H3. The van der Waals surface area contributed by atoms with E-state index >= 15 is 0 Å². The molecule has 0 bridgehead atoms. The topological polar surface area (TPSA) is 6.48 Å². The molecular weight excluding hydrogens is 821 g/mol. The third kappa shape index (κ3) is 8.85. The van der Waals surface area contributed by atoms with E-state index in [9.17, 15) is 0 Å². The zero-order valence-electron chi connectivity index (χ0n) is 41.3. The van der Waals surface area contributed by atoms with Gasteiger partial charge in [-0.2, -0.15) is 0 Å². The molecule has 2 heteroatoms. The third-order valence-corrected chi connectivity index (χ3v) is 16.6. The van der Waals surface area contributed by atoms with E-state index in [0.717, 1.165) is 0 Å². The molecule has 11 rings (SSSR count). The molecule has 3 saturated carbocycles. The fourth-order valence-electron chi connectivity index (χ4n) is 12.6. The van der Waals surface area contributed by atoms with E-state index in [2.05, 4.69) is 189 Å². The molecule has 3 aliphatic rings. The highest BCUT2D eigenvalue weighted by atomic mass is 15.2. The normalized spacial score (nSPS) is 16.6. The molecule has 0 radical (unpaired) electrons. The van der Waals surface area contributed by atoms with Gasteiger partial charge in [0.15, 0.2) is 0 Å². The Labute approximate surface area is 407 Å². The second-order valence-electron chi connectivity index (χ2n) is 21.6. The van der Waals surface area contributed by atoms with Crippen LogP contribution in [0.1, 0.15) is 181 Å². The first-order valence-electron chi connectivity index (χ1n) is 26.8. The minimum atomic E-state index is 0.468. The van der Waals surface area contributed by atoms with Gasteiger partial charge in [-0.1, -0.05) is 170 Å². The SMILES string of the molecule is CC(C)c1ccc(N(c2ccc(C3CCCCC3)cc2)c2cc3c4ccc(C5CCCCC5)cc4c(N(c4ccc(C(C)C)cc4)c4ccc(C5CCCCC5)cc4)cc3c3ccccc23)cc1. The van der Waals surface area contributed by atoms with Crippen LogP contribution in [0.25, 0.3) is 32.3 Å². The highest BCUT2D eigenvalue weighted by Crippen LogP contribution is 2.49. The Kier molecular flexibility index (Phi) is 12.9. The van der Waals surface area contributed by atoms with E-state index in [1.54, 1.807) is 0 Å². The Morgan fingerprint density at radius 2 is 0.647 bits per heavy atom. The molecule has 3 fully saturated rings. The molecule has 346 valence electrons. The Morgan fingerprint density at radius 3 is 1.06 bits per heavy atom. The molecule has 68 heavy (non-hydrogen) atoms. The molecular formula is C66H72N2. The Balaban J connectivity index is 1.15. The van der Waals surface area contributed by atoms with Crippen LogP contribution in [-0.2, 0) is 0 Å². The third-order valence-electron chi connectivity index (χ3n) is 16.6. The van der Waals surface area contributed by atoms with Crippen molar-refractivity contribution in [2.24, 2.45) is 0 Å². The number of benzene rings is 8. The number of rotatable bonds is 11. The summed E-state index contributed by atoms with van der Waals surface area (Å²) in [6, 6.07) is 60.1. The summed E-state index contributed by atoms with van der Waals surface area (Å²) in [5, 5.41) is 7.79. The van der Waals surface area contributed by atoms with Gasteiger partial charge in [0.25, 0.3) is 0 Å². The maximum Gasteiger partial charge on any atom is 0.0546 e. The minimum Gasteiger partial charge on any atom is -0.310 e. The molecule has 8 aromatic rings. The second kappa shape index (κ2) is 19.6. The van der Waals surface area contributed by atoms with Crippen molar-refractivity contribution in [3.63, 3.8) is 0 Å². The van der Waals surface area contributed by atoms with Crippen LogP contribution in [-0.4, -0.2) is 0 Å². The number of fused-ring (bicyclic) bond motifs is 5. The molecule has 0 heterocycles. The van der Waals surface area contributed by atoms with Crippen LogP contribution in [0.3, 0.4) is 0 Å². The lowest BCUT2D eigenvalue weighted by Gasteiger charge is -2.31. The Hall–Kier alpha value is -5.86. The Morgan fingerprint density at radius 1 is 0.309 bits per heavy atom. The van der Waals surface area contributed by atoms with E-state index in [1.807, 2.05) is 0 Å². The van der Waals surface area contributed by atoms with Crippen molar-refractivity contribution >= 4 is 66.4 Å². The van der Waals surface area contributed by atoms with Crippen LogP contribution in [0.15, 0.2) is 152 Å². The van der Waals surface area contributed by atoms with Crippen LogP contribution >= 0.6 is 0 Å². The van der Waals surface area contributed by atoms with Crippen LogP contribution < -0.4 is 9.80 Å². The van der Waals surface area contributed by atoms with E-state index in [4.69, 9.17) is 0 Å². The molecule has 2 nitrogen and oxygen atoms in total. The predicted octanol–water partition coefficient (Wildman–Crippen LogP) is 20.5. The molecule has 0 aliphatic heterocycles. The first-order chi connectivity index (χ1) is 33.4. The summed E-state index contributed by atoms with van der Waals surface area (Å²) in [6.07, 6.45) is 19.9. The molecule has 0 amide bonds. The van der Waals surface area contributed by atoms with Crippen molar-refractivity contribution in [3.8, 4) is 0 Å². The lowest BCUT2D eigenvalue weighted by atomic mass is 9.82. The molecule has 8 aromatic carbocycles. The van der Waals surface area contributed by atoms with E-state index in [0.29, 0.717) is 29.6 Å². The summed E-state index contributed by atoms with van der Waals surface area (Å²) >= 11 is 0. The van der Waals surface area contributed by atoms with Crippen LogP contribution in [0.4, 0.5) is 34.1 Å². The van der Waals surface area contributed by atoms with Gasteiger partial charge in [-0.25, -0.2) is 0 Å². The summed E-state index contributed by atoms with van der Waals surface area (Å²) in [6.45, 7) is 9.18. The number of hydrogen-bond donors (Lipinski definition) is 0. The number of anilines is 6. The van der Waals surface area contributed by atoms with Gasteiger partial charge in [-0.3, -0.25) is 0 Å². The van der Waals surface area contributed by atoms with E-state index in [-0.39, 0.29) is 0 Å². The van der Waals surface area contributed by atoms with Crippen LogP contribution in [0, 0.1) is 0 Å². The number of hydrogen-bond acceptors (Lipinski definition) is 2. The summed E-state index contributed by atoms with van der Waals surface area (Å²) in [5.41, 5.74) is 14.5. The van der Waals surface area contributed by atoms with E-state index < -0.39 is 0 Å². The lowest BCUT2D eigenvalue weighted by molar-refractivity contribution is 0.443. The molecule has 0 atom stereocenters. The van der Waals surface area contributed by atoms with Gasteiger partial charge >= 0.3 is 0 Å². The first kappa shape index (κ1) is 44.6. The summed E-state index contributed by atoms with van der Waals surface area (Å²) < 4.78 is 0. The molecule has 0 N–H and O–H groups in total. The summed E-state index contributed by atoms with van der Waals surface area (Å²) in [7, 11) is 0. The summed E-state index contributed by atoms with van der Waals surface area (Å²) in [4.78, 5) is 5.13. The first-order valence-corrected chi connectivity index (χ1v) is 26.8. The molecule has 0 aromatic heterocycles. The van der Waals surface area contributed by atoms with Crippen molar-refractivity contribution in [2.45, 2.75) is 154 Å². The average molecular weight is 893 g/mol. The maximum absolute atomic E-state index is 2.60. The lowest BCUT2D eigenvalue weighted by Crippen LogP contribution is -2.13. The van der Waals surface area contributed by atoms with Gasteiger partial charge < -0.3 is 9.80 Å². The van der Waals surface area contributed by atoms with Crippen molar-refractivity contribution in [2.75, 3.05) is 9.80 Å². The largest absolute Gasteiger partial charge is 0.310 e. The van der Waals surface area contributed by atoms with Gasteiger partial charge in [0.2, 0.25) is 0 Å². The average Bonchev–Trinajstić information content (AvgIpc) is 3.40. The monoisotopic (exact) mass is 893 g/mol. The van der Waals surface area contributed by atoms with Gasteiger partial charge in [-0.05, 0) is 184 Å². The Bertz CT molecular complexity index is 2980. The van der Waals surface area contributed by atoms with Crippen molar-refractivity contribution in [3.05, 3.63) is 179 Å². The fraction of sp³-hybridized carbons (Fsp3) is 0.364. The maximum atomic E-state index is 2.60. The quantitative estimate of drug-likeness (QED) is 0.119. The fourth-order valence-corrected chi connectivity index (χ4v) is 12.6. The zero-order chi connectivity index (χ0) is 46.1. The van der Waals surface area contributed by atoms with Gasteiger partial charge in [0.1, 0.15) is 0 Å². The predicted molar refractivity (Wildman–Crippen MR) is 294 cm³/mol. The van der Waals surface area contributed by atoms with Gasteiger partial charge in [0, 0.05) is 33.5 Å². The zero-order valence-corrected chi connectivity index (χ0v) is 41.3. The van der Waals surface area contributed by atoms with Crippen LogP contribution in [0.2, 0.25) is 0 Å². The van der Waals surface area contributed by atoms with Gasteiger partial charge in [0.05, 0.1) is 11.4 Å². The second-order valence-corrected chi connectivity index (χ2v) is 21.6. The molecule has 0 saturated heterocycles. The van der Waals surface area contributed by atoms with Crippen LogP contribution in [0.5, 0.6) is 0 Å². The highest BCUT2D eigenvalue weighted by Gasteiger charge is 2.26.